The Balaban J connectivity index is 0. The molecule has 0 amide bonds. The molecule has 0 unspecified atom stereocenters. The van der Waals surface area contributed by atoms with Crippen LogP contribution in [0.4, 0.5) is 0 Å². The van der Waals surface area contributed by atoms with E-state index in [1.54, 1.807) is 19.9 Å². The van der Waals surface area contributed by atoms with Gasteiger partial charge >= 0.3 is 11.9 Å². The van der Waals surface area contributed by atoms with Gasteiger partial charge in [-0.2, -0.15) is 5.26 Å². The molecule has 0 bridgehead atoms. The van der Waals surface area contributed by atoms with E-state index in [1.165, 1.54) is 6.08 Å². The van der Waals surface area contributed by atoms with Crippen LogP contribution in [0.3, 0.4) is 0 Å². The maximum absolute atomic E-state index is 11.0. The number of carbonyl (C=O) groups excluding carboxylic acids is 2. The minimum absolute atomic E-state index is 0.192. The van der Waals surface area contributed by atoms with Crippen LogP contribution in [0.1, 0.15) is 13.8 Å². The summed E-state index contributed by atoms with van der Waals surface area (Å²) in [6.07, 6.45) is 1.18. The summed E-state index contributed by atoms with van der Waals surface area (Å²) < 4.78 is 25.4. The second-order valence-electron chi connectivity index (χ2n) is 5.00. The standard InChI is InChI=1S/C16H26O7.C3H3N/c1-13(2)15(17)22-11-9-20-7-5-19-6-8-21-10-12-23-16(18)14(3)4;1-2-3-4/h1,3,5-12H2,2,4H3;2H,1H2. The van der Waals surface area contributed by atoms with E-state index in [1.807, 2.05) is 0 Å². The number of allylic oxidation sites excluding steroid dienone is 1. The van der Waals surface area contributed by atoms with Crippen molar-refractivity contribution >= 4 is 11.9 Å². The first kappa shape index (κ1) is 26.8. The van der Waals surface area contributed by atoms with Gasteiger partial charge in [0.25, 0.3) is 0 Å². The fraction of sp³-hybridized carbons (Fsp3) is 0.526. The van der Waals surface area contributed by atoms with Gasteiger partial charge in [0.05, 0.1) is 45.7 Å². The van der Waals surface area contributed by atoms with E-state index in [0.717, 1.165) is 0 Å². The molecular weight excluding hydrogens is 354 g/mol. The number of hydrogen-bond acceptors (Lipinski definition) is 8. The van der Waals surface area contributed by atoms with Gasteiger partial charge in [-0.15, -0.1) is 0 Å². The fourth-order valence-electron chi connectivity index (χ4n) is 1.17. The molecule has 0 spiro atoms. The first-order valence-corrected chi connectivity index (χ1v) is 8.25. The highest BCUT2D eigenvalue weighted by Gasteiger charge is 2.02. The van der Waals surface area contributed by atoms with Crippen LogP contribution in [0.2, 0.25) is 0 Å². The average molecular weight is 383 g/mol. The van der Waals surface area contributed by atoms with E-state index in [-0.39, 0.29) is 13.2 Å². The normalized spacial score (nSPS) is 9.22. The molecule has 0 aliphatic rings. The predicted octanol–water partition coefficient (Wildman–Crippen LogP) is 1.97. The van der Waals surface area contributed by atoms with Gasteiger partial charge in [-0.05, 0) is 13.8 Å². The Bertz CT molecular complexity index is 473. The number of carbonyl (C=O) groups is 2. The van der Waals surface area contributed by atoms with Gasteiger partial charge in [-0.1, -0.05) is 19.7 Å². The van der Waals surface area contributed by atoms with Crippen LogP contribution in [0.5, 0.6) is 0 Å². The molecule has 8 heteroatoms. The van der Waals surface area contributed by atoms with E-state index < -0.39 is 11.9 Å². The lowest BCUT2D eigenvalue weighted by molar-refractivity contribution is -0.141. The third kappa shape index (κ3) is 21.5. The van der Waals surface area contributed by atoms with Crippen molar-refractivity contribution in [3.8, 4) is 6.07 Å². The van der Waals surface area contributed by atoms with Crippen molar-refractivity contribution < 1.29 is 33.3 Å². The summed E-state index contributed by atoms with van der Waals surface area (Å²) >= 11 is 0. The summed E-state index contributed by atoms with van der Waals surface area (Å²) in [7, 11) is 0. The van der Waals surface area contributed by atoms with E-state index in [0.29, 0.717) is 50.8 Å². The van der Waals surface area contributed by atoms with Gasteiger partial charge in [0, 0.05) is 17.2 Å². The lowest BCUT2D eigenvalue weighted by atomic mass is 10.4. The van der Waals surface area contributed by atoms with E-state index in [9.17, 15) is 9.59 Å². The average Bonchev–Trinajstić information content (AvgIpc) is 2.64. The molecule has 0 N–H and O–H groups in total. The smallest absolute Gasteiger partial charge is 0.333 e. The van der Waals surface area contributed by atoms with Crippen LogP contribution in [-0.4, -0.2) is 64.8 Å². The maximum atomic E-state index is 11.0. The highest BCUT2D eigenvalue weighted by atomic mass is 16.6. The topological polar surface area (TPSA) is 104 Å². The molecule has 0 radical (unpaired) electrons. The number of nitriles is 1. The number of rotatable bonds is 14. The molecule has 8 nitrogen and oxygen atoms in total. The van der Waals surface area contributed by atoms with Crippen molar-refractivity contribution in [2.24, 2.45) is 0 Å². The van der Waals surface area contributed by atoms with Crippen molar-refractivity contribution in [3.63, 3.8) is 0 Å². The first-order chi connectivity index (χ1) is 12.9. The van der Waals surface area contributed by atoms with Gasteiger partial charge < -0.3 is 23.7 Å². The molecule has 0 atom stereocenters. The predicted molar refractivity (Wildman–Crippen MR) is 99.8 cm³/mol. The summed E-state index contributed by atoms with van der Waals surface area (Å²) in [4.78, 5) is 22.1. The van der Waals surface area contributed by atoms with Crippen LogP contribution in [0.25, 0.3) is 0 Å². The molecular formula is C19H29NO7. The minimum Gasteiger partial charge on any atom is -0.460 e. The van der Waals surface area contributed by atoms with Gasteiger partial charge in [-0.3, -0.25) is 0 Å². The van der Waals surface area contributed by atoms with Gasteiger partial charge in [0.2, 0.25) is 0 Å². The molecule has 0 aromatic rings. The lowest BCUT2D eigenvalue weighted by Gasteiger charge is -2.08. The number of hydrogen-bond donors (Lipinski definition) is 0. The summed E-state index contributed by atoms with van der Waals surface area (Å²) in [5, 5.41) is 7.51. The van der Waals surface area contributed by atoms with Gasteiger partial charge in [-0.25, -0.2) is 9.59 Å². The van der Waals surface area contributed by atoms with E-state index in [4.69, 9.17) is 28.9 Å². The van der Waals surface area contributed by atoms with Crippen LogP contribution >= 0.6 is 0 Å². The molecule has 27 heavy (non-hydrogen) atoms. The fourth-order valence-corrected chi connectivity index (χ4v) is 1.17. The quantitative estimate of drug-likeness (QED) is 0.194. The maximum Gasteiger partial charge on any atom is 0.333 e. The molecule has 0 aliphatic heterocycles. The number of ether oxygens (including phenoxy) is 5. The molecule has 0 heterocycles. The zero-order valence-corrected chi connectivity index (χ0v) is 16.2. The molecule has 152 valence electrons. The number of nitrogens with zero attached hydrogens (tertiary/aromatic N) is 1. The second-order valence-corrected chi connectivity index (χ2v) is 5.00. The van der Waals surface area contributed by atoms with Crippen molar-refractivity contribution in [2.75, 3.05) is 52.9 Å². The summed E-state index contributed by atoms with van der Waals surface area (Å²) in [6, 6.07) is 1.69. The summed E-state index contributed by atoms with van der Waals surface area (Å²) in [5.41, 5.74) is 0.727. The molecule has 0 saturated heterocycles. The monoisotopic (exact) mass is 383 g/mol. The highest BCUT2D eigenvalue weighted by molar-refractivity contribution is 5.87. The Kier molecular flexibility index (Phi) is 19.7. The van der Waals surface area contributed by atoms with E-state index >= 15 is 0 Å². The van der Waals surface area contributed by atoms with Crippen molar-refractivity contribution in [1.82, 2.24) is 0 Å². The third-order valence-electron chi connectivity index (χ3n) is 2.45. The molecule has 0 rings (SSSR count). The molecule has 0 saturated carbocycles. The zero-order chi connectivity index (χ0) is 20.9. The molecule has 0 aromatic carbocycles. The Hall–Kier alpha value is -2.47. The lowest BCUT2D eigenvalue weighted by Crippen LogP contribution is -2.15. The number of esters is 2. The van der Waals surface area contributed by atoms with Crippen molar-refractivity contribution in [2.45, 2.75) is 13.8 Å². The largest absolute Gasteiger partial charge is 0.460 e. The Morgan fingerprint density at radius 1 is 0.778 bits per heavy atom. The van der Waals surface area contributed by atoms with Crippen LogP contribution in [0.15, 0.2) is 37.0 Å². The molecule has 0 fully saturated rings. The van der Waals surface area contributed by atoms with Crippen LogP contribution in [-0.2, 0) is 33.3 Å². The van der Waals surface area contributed by atoms with Crippen LogP contribution in [0, 0.1) is 11.3 Å². The second kappa shape index (κ2) is 19.8. The molecule has 0 aromatic heterocycles. The van der Waals surface area contributed by atoms with Gasteiger partial charge in [0.1, 0.15) is 13.2 Å². The van der Waals surface area contributed by atoms with Crippen molar-refractivity contribution in [3.05, 3.63) is 37.0 Å². The SMILES string of the molecule is C=C(C)C(=O)OCCOCCOCCOCCOC(=O)C(=C)C.C=CC#N. The first-order valence-electron chi connectivity index (χ1n) is 8.25. The Morgan fingerprint density at radius 2 is 1.04 bits per heavy atom. The Morgan fingerprint density at radius 3 is 1.26 bits per heavy atom. The van der Waals surface area contributed by atoms with Gasteiger partial charge in [0.15, 0.2) is 0 Å². The Labute approximate surface area is 161 Å². The third-order valence-corrected chi connectivity index (χ3v) is 2.45. The zero-order valence-electron chi connectivity index (χ0n) is 16.2. The minimum atomic E-state index is -0.420. The molecule has 0 aliphatic carbocycles. The van der Waals surface area contributed by atoms with Crippen LogP contribution < -0.4 is 0 Å². The van der Waals surface area contributed by atoms with Crippen molar-refractivity contribution in [1.29, 1.82) is 5.26 Å². The summed E-state index contributed by atoms with van der Waals surface area (Å²) in [6.45, 7) is 15.9. The highest BCUT2D eigenvalue weighted by Crippen LogP contribution is 1.92. The summed E-state index contributed by atoms with van der Waals surface area (Å²) in [5.74, 6) is -0.841. The van der Waals surface area contributed by atoms with E-state index in [2.05, 4.69) is 19.7 Å².